The van der Waals surface area contributed by atoms with E-state index in [2.05, 4.69) is 0 Å². The smallest absolute Gasteiger partial charge is 0.410 e. The third-order valence-corrected chi connectivity index (χ3v) is 3.49. The lowest BCUT2D eigenvalue weighted by molar-refractivity contribution is -0.141. The zero-order chi connectivity index (χ0) is 15.6. The molecule has 0 bridgehead atoms. The number of halogens is 2. The molecule has 1 saturated heterocycles. The summed E-state index contributed by atoms with van der Waals surface area (Å²) in [4.78, 5) is 24.1. The molecule has 2 rings (SSSR count). The normalized spacial score (nSPS) is 21.4. The van der Waals surface area contributed by atoms with E-state index >= 15 is 0 Å². The Kier molecular flexibility index (Phi) is 4.40. The predicted octanol–water partition coefficient (Wildman–Crippen LogP) is 2.36. The first kappa shape index (κ1) is 15.2. The van der Waals surface area contributed by atoms with Crippen LogP contribution in [0, 0.1) is 11.6 Å². The van der Waals surface area contributed by atoms with E-state index in [0.29, 0.717) is 0 Å². The zero-order valence-corrected chi connectivity index (χ0v) is 11.4. The highest BCUT2D eigenvalue weighted by Gasteiger charge is 2.41. The predicted molar refractivity (Wildman–Crippen MR) is 68.9 cm³/mol. The van der Waals surface area contributed by atoms with E-state index < -0.39 is 35.7 Å². The van der Waals surface area contributed by atoms with E-state index in [4.69, 9.17) is 4.74 Å². The van der Waals surface area contributed by atoms with Crippen LogP contribution < -0.4 is 0 Å². The van der Waals surface area contributed by atoms with Gasteiger partial charge in [-0.25, -0.2) is 18.4 Å². The van der Waals surface area contributed by atoms with Gasteiger partial charge >= 0.3 is 12.1 Å². The number of amides is 1. The maximum absolute atomic E-state index is 13.8. The van der Waals surface area contributed by atoms with Crippen LogP contribution in [-0.4, -0.2) is 41.3 Å². The number of carbonyl (C=O) groups excluding carboxylic acids is 1. The first-order chi connectivity index (χ1) is 9.93. The second-order valence-electron chi connectivity index (χ2n) is 4.80. The van der Waals surface area contributed by atoms with Gasteiger partial charge in [0.05, 0.1) is 6.61 Å². The van der Waals surface area contributed by atoms with Crippen molar-refractivity contribution in [2.45, 2.75) is 25.3 Å². The van der Waals surface area contributed by atoms with Crippen molar-refractivity contribution in [1.29, 1.82) is 0 Å². The Labute approximate surface area is 120 Å². The number of carbonyl (C=O) groups is 2. The monoisotopic (exact) mass is 299 g/mol. The molecule has 7 heteroatoms. The van der Waals surface area contributed by atoms with E-state index in [1.54, 1.807) is 6.92 Å². The number of carboxylic acids is 1. The van der Waals surface area contributed by atoms with Crippen molar-refractivity contribution in [3.05, 3.63) is 35.4 Å². The van der Waals surface area contributed by atoms with Crippen molar-refractivity contribution >= 4 is 12.1 Å². The largest absolute Gasteiger partial charge is 0.480 e. The number of hydrogen-bond acceptors (Lipinski definition) is 3. The molecular formula is C14H15F2NO4. The molecule has 1 N–H and O–H groups in total. The van der Waals surface area contributed by atoms with Crippen molar-refractivity contribution in [1.82, 2.24) is 4.90 Å². The molecule has 0 spiro atoms. The highest BCUT2D eigenvalue weighted by atomic mass is 19.1. The molecule has 0 aliphatic carbocycles. The molecular weight excluding hydrogens is 284 g/mol. The third-order valence-electron chi connectivity index (χ3n) is 3.49. The molecule has 114 valence electrons. The number of benzene rings is 1. The average molecular weight is 299 g/mol. The van der Waals surface area contributed by atoms with Gasteiger partial charge in [0.1, 0.15) is 17.7 Å². The highest BCUT2D eigenvalue weighted by molar-refractivity contribution is 5.81. The van der Waals surface area contributed by atoms with E-state index in [1.807, 2.05) is 0 Å². The minimum Gasteiger partial charge on any atom is -0.480 e. The standard InChI is InChI=1S/C14H15F2NO4/c1-2-21-14(20)17-7-8(5-12(17)13(18)19)10-4-3-9(15)6-11(10)16/h3-4,6,8,12H,2,5,7H2,1H3,(H,18,19). The Morgan fingerprint density at radius 1 is 1.43 bits per heavy atom. The average Bonchev–Trinajstić information content (AvgIpc) is 2.84. The Balaban J connectivity index is 2.24. The number of hydrogen-bond donors (Lipinski definition) is 1. The summed E-state index contributed by atoms with van der Waals surface area (Å²) in [6.07, 6.45) is -0.675. The molecule has 1 amide bonds. The molecule has 21 heavy (non-hydrogen) atoms. The van der Waals surface area contributed by atoms with Crippen molar-refractivity contribution < 1.29 is 28.2 Å². The minimum absolute atomic E-state index is 0.0261. The molecule has 0 aromatic heterocycles. The molecule has 1 heterocycles. The lowest BCUT2D eigenvalue weighted by Crippen LogP contribution is -2.40. The van der Waals surface area contributed by atoms with Gasteiger partial charge in [-0.2, -0.15) is 0 Å². The van der Waals surface area contributed by atoms with Crippen LogP contribution >= 0.6 is 0 Å². The molecule has 0 radical (unpaired) electrons. The zero-order valence-electron chi connectivity index (χ0n) is 11.4. The van der Waals surface area contributed by atoms with Crippen LogP contribution in [-0.2, 0) is 9.53 Å². The van der Waals surface area contributed by atoms with Crippen molar-refractivity contribution in [2.24, 2.45) is 0 Å². The lowest BCUT2D eigenvalue weighted by atomic mass is 9.96. The Hall–Kier alpha value is -2.18. The summed E-state index contributed by atoms with van der Waals surface area (Å²) >= 11 is 0. The van der Waals surface area contributed by atoms with Gasteiger partial charge < -0.3 is 9.84 Å². The molecule has 5 nitrogen and oxygen atoms in total. The van der Waals surface area contributed by atoms with Gasteiger partial charge in [0.2, 0.25) is 0 Å². The fraction of sp³-hybridized carbons (Fsp3) is 0.429. The summed E-state index contributed by atoms with van der Waals surface area (Å²) in [5, 5.41) is 9.18. The van der Waals surface area contributed by atoms with Gasteiger partial charge in [-0.05, 0) is 25.0 Å². The van der Waals surface area contributed by atoms with Crippen LogP contribution in [0.1, 0.15) is 24.8 Å². The summed E-state index contributed by atoms with van der Waals surface area (Å²) < 4.78 is 31.5. The summed E-state index contributed by atoms with van der Waals surface area (Å²) in [7, 11) is 0. The molecule has 1 fully saturated rings. The number of rotatable bonds is 3. The second kappa shape index (κ2) is 6.07. The number of carboxylic acid groups (broad SMARTS) is 1. The Morgan fingerprint density at radius 2 is 2.14 bits per heavy atom. The van der Waals surface area contributed by atoms with Crippen LogP contribution in [0.5, 0.6) is 0 Å². The van der Waals surface area contributed by atoms with Crippen LogP contribution in [0.3, 0.4) is 0 Å². The summed E-state index contributed by atoms with van der Waals surface area (Å²) in [6, 6.07) is 2.07. The molecule has 0 saturated carbocycles. The number of likely N-dealkylation sites (tertiary alicyclic amines) is 1. The number of nitrogens with zero attached hydrogens (tertiary/aromatic N) is 1. The molecule has 1 aliphatic heterocycles. The molecule has 1 aliphatic rings. The van der Waals surface area contributed by atoms with Crippen molar-refractivity contribution in [3.63, 3.8) is 0 Å². The van der Waals surface area contributed by atoms with Gasteiger partial charge in [0, 0.05) is 18.5 Å². The van der Waals surface area contributed by atoms with Crippen LogP contribution in [0.15, 0.2) is 18.2 Å². The molecule has 2 atom stereocenters. The maximum Gasteiger partial charge on any atom is 0.410 e. The summed E-state index contributed by atoms with van der Waals surface area (Å²) in [5.41, 5.74) is 0.203. The number of ether oxygens (including phenoxy) is 1. The lowest BCUT2D eigenvalue weighted by Gasteiger charge is -2.20. The van der Waals surface area contributed by atoms with E-state index in [1.165, 1.54) is 6.07 Å². The van der Waals surface area contributed by atoms with Crippen molar-refractivity contribution in [2.75, 3.05) is 13.2 Å². The first-order valence-electron chi connectivity index (χ1n) is 6.55. The first-order valence-corrected chi connectivity index (χ1v) is 6.55. The van der Waals surface area contributed by atoms with E-state index in [-0.39, 0.29) is 25.1 Å². The summed E-state index contributed by atoms with van der Waals surface area (Å²) in [5.74, 6) is -3.12. The molecule has 1 aromatic rings. The fourth-order valence-electron chi connectivity index (χ4n) is 2.54. The summed E-state index contributed by atoms with van der Waals surface area (Å²) in [6.45, 7) is 1.76. The van der Waals surface area contributed by atoms with E-state index in [9.17, 15) is 23.5 Å². The Morgan fingerprint density at radius 3 is 2.71 bits per heavy atom. The van der Waals surface area contributed by atoms with Gasteiger partial charge in [-0.1, -0.05) is 6.07 Å². The van der Waals surface area contributed by atoms with Crippen LogP contribution in [0.2, 0.25) is 0 Å². The topological polar surface area (TPSA) is 66.8 Å². The Bertz CT molecular complexity index is 564. The number of aliphatic carboxylic acids is 1. The van der Waals surface area contributed by atoms with Crippen LogP contribution in [0.25, 0.3) is 0 Å². The van der Waals surface area contributed by atoms with Gasteiger partial charge in [-0.15, -0.1) is 0 Å². The van der Waals surface area contributed by atoms with E-state index in [0.717, 1.165) is 17.0 Å². The second-order valence-corrected chi connectivity index (χ2v) is 4.80. The quantitative estimate of drug-likeness (QED) is 0.930. The van der Waals surface area contributed by atoms with Crippen molar-refractivity contribution in [3.8, 4) is 0 Å². The maximum atomic E-state index is 13.8. The molecule has 1 aromatic carbocycles. The third kappa shape index (κ3) is 3.12. The van der Waals surface area contributed by atoms with Crippen LogP contribution in [0.4, 0.5) is 13.6 Å². The minimum atomic E-state index is -1.17. The van der Waals surface area contributed by atoms with Gasteiger partial charge in [-0.3, -0.25) is 4.90 Å². The SMILES string of the molecule is CCOC(=O)N1CC(c2ccc(F)cc2F)CC1C(=O)O. The highest BCUT2D eigenvalue weighted by Crippen LogP contribution is 2.33. The fourth-order valence-corrected chi connectivity index (χ4v) is 2.54. The molecule has 2 unspecified atom stereocenters. The van der Waals surface area contributed by atoms with Gasteiger partial charge in [0.15, 0.2) is 0 Å². The van der Waals surface area contributed by atoms with Gasteiger partial charge in [0.25, 0.3) is 0 Å².